The van der Waals surface area contributed by atoms with Crippen LogP contribution >= 0.6 is 0 Å². The first-order chi connectivity index (χ1) is 22.8. The molecule has 0 amide bonds. The van der Waals surface area contributed by atoms with Crippen LogP contribution in [0.5, 0.6) is 0 Å². The number of halogens is 1. The van der Waals surface area contributed by atoms with Crippen molar-refractivity contribution in [2.75, 3.05) is 6.54 Å². The predicted molar refractivity (Wildman–Crippen MR) is 208 cm³/mol. The van der Waals surface area contributed by atoms with Crippen molar-refractivity contribution in [3.8, 4) is 0 Å². The minimum Gasteiger partial charge on any atom is -0.396 e. The van der Waals surface area contributed by atoms with E-state index in [1.165, 1.54) is 70.6 Å². The molecule has 0 saturated heterocycles. The second kappa shape index (κ2) is 21.5. The van der Waals surface area contributed by atoms with E-state index in [1.807, 2.05) is 45.9 Å². The molecule has 0 aliphatic heterocycles. The summed E-state index contributed by atoms with van der Waals surface area (Å²) in [6, 6.07) is 12.4. The highest BCUT2D eigenvalue weighted by atomic mass is 19.1. The summed E-state index contributed by atoms with van der Waals surface area (Å²) in [4.78, 5) is 0. The van der Waals surface area contributed by atoms with E-state index in [2.05, 4.69) is 69.6 Å². The molecule has 2 bridgehead atoms. The average molecular weight is 641 g/mol. The molecule has 0 fully saturated rings. The molecule has 2 aliphatic carbocycles. The van der Waals surface area contributed by atoms with Crippen LogP contribution in [0.2, 0.25) is 0 Å². The Labute approximate surface area is 287 Å². The van der Waals surface area contributed by atoms with Gasteiger partial charge in [-0.3, -0.25) is 0 Å². The monoisotopic (exact) mass is 641 g/mol. The first kappa shape index (κ1) is 39.8. The highest BCUT2D eigenvalue weighted by Crippen LogP contribution is 2.49. The lowest BCUT2D eigenvalue weighted by molar-refractivity contribution is 0.559. The van der Waals surface area contributed by atoms with Gasteiger partial charge in [0.2, 0.25) is 0 Å². The number of nitrogens with two attached hydrogens (primary N) is 1. The zero-order valence-corrected chi connectivity index (χ0v) is 31.0. The lowest BCUT2D eigenvalue weighted by atomic mass is 9.71. The fourth-order valence-electron chi connectivity index (χ4n) is 6.52. The van der Waals surface area contributed by atoms with Crippen molar-refractivity contribution in [3.63, 3.8) is 0 Å². The number of fused-ring (bicyclic) bond motifs is 5. The maximum atomic E-state index is 16.4. The van der Waals surface area contributed by atoms with Crippen molar-refractivity contribution >= 4 is 16.5 Å². The summed E-state index contributed by atoms with van der Waals surface area (Å²) in [5.41, 5.74) is 13.6. The Morgan fingerprint density at radius 2 is 1.36 bits per heavy atom. The van der Waals surface area contributed by atoms with Crippen molar-refractivity contribution in [1.82, 2.24) is 5.32 Å². The van der Waals surface area contributed by atoms with E-state index < -0.39 is 5.83 Å². The second-order valence-corrected chi connectivity index (χ2v) is 12.8. The summed E-state index contributed by atoms with van der Waals surface area (Å²) >= 11 is 0. The van der Waals surface area contributed by atoms with Crippen molar-refractivity contribution in [2.24, 2.45) is 5.73 Å². The third-order valence-electron chi connectivity index (χ3n) is 9.14. The normalized spacial score (nSPS) is 19.5. The molecule has 258 valence electrons. The third kappa shape index (κ3) is 10.8. The standard InChI is InChI=1S/C35H43FN2.C7H16.C2H6/c1-6-8-9-10-11-12-13-16-19-38-35-32-24(5)28(23(3)4)22-30(27(32)7-2)29-20-25-17-14-15-18-26(25)21-31(29)34(37)33(35)36;1-3-5-7-6-4-2;1-2/h7,14-15,17-18,20-22,30,38H,3,5-6,8-13,16,19,37H2,1-2,4H3;3-7H2,1-2H3;1-2H3/b27-7+,34-33-,35-32+;;. The fraction of sp³-hybridized carbons (Fsp3) is 0.500. The lowest BCUT2D eigenvalue weighted by Gasteiger charge is -2.34. The highest BCUT2D eigenvalue weighted by Gasteiger charge is 2.35. The Hall–Kier alpha value is -3.33. The van der Waals surface area contributed by atoms with Gasteiger partial charge in [-0.05, 0) is 65.5 Å². The van der Waals surface area contributed by atoms with Gasteiger partial charge in [-0.25, -0.2) is 4.39 Å². The van der Waals surface area contributed by atoms with Gasteiger partial charge in [-0.1, -0.05) is 167 Å². The van der Waals surface area contributed by atoms with E-state index >= 15 is 4.39 Å². The van der Waals surface area contributed by atoms with Gasteiger partial charge < -0.3 is 11.1 Å². The minimum atomic E-state index is -0.405. The molecule has 0 radical (unpaired) electrons. The summed E-state index contributed by atoms with van der Waals surface area (Å²) in [5, 5.41) is 5.63. The Kier molecular flexibility index (Phi) is 18.2. The van der Waals surface area contributed by atoms with Crippen molar-refractivity contribution in [2.45, 2.75) is 138 Å². The van der Waals surface area contributed by atoms with Gasteiger partial charge in [0, 0.05) is 23.6 Å². The molecule has 4 rings (SSSR count). The van der Waals surface area contributed by atoms with Crippen LogP contribution in [0.15, 0.2) is 101 Å². The Balaban J connectivity index is 0.000000756. The molecule has 3 heteroatoms. The zero-order valence-electron chi connectivity index (χ0n) is 31.0. The Morgan fingerprint density at radius 3 is 1.89 bits per heavy atom. The molecule has 0 spiro atoms. The largest absolute Gasteiger partial charge is 0.396 e. The molecule has 0 heterocycles. The smallest absolute Gasteiger partial charge is 0.170 e. The molecule has 2 nitrogen and oxygen atoms in total. The van der Waals surface area contributed by atoms with Gasteiger partial charge in [-0.15, -0.1) is 0 Å². The van der Waals surface area contributed by atoms with Gasteiger partial charge in [0.25, 0.3) is 0 Å². The van der Waals surface area contributed by atoms with E-state index in [9.17, 15) is 0 Å². The number of hydrogen-bond donors (Lipinski definition) is 2. The molecular weight excluding hydrogens is 575 g/mol. The van der Waals surface area contributed by atoms with Crippen molar-refractivity contribution < 1.29 is 4.39 Å². The highest BCUT2D eigenvalue weighted by molar-refractivity contribution is 5.90. The maximum absolute atomic E-state index is 16.4. The molecule has 2 aromatic rings. The van der Waals surface area contributed by atoms with E-state index in [-0.39, 0.29) is 11.6 Å². The number of allylic oxidation sites excluding steroid dienone is 8. The van der Waals surface area contributed by atoms with Gasteiger partial charge in [-0.2, -0.15) is 0 Å². The Morgan fingerprint density at radius 1 is 0.851 bits per heavy atom. The molecule has 47 heavy (non-hydrogen) atoms. The van der Waals surface area contributed by atoms with Crippen LogP contribution in [-0.2, 0) is 0 Å². The molecule has 2 aliphatic rings. The Bertz CT molecular complexity index is 1430. The quantitative estimate of drug-likeness (QED) is 0.190. The average Bonchev–Trinajstić information content (AvgIpc) is 3.09. The number of rotatable bonds is 15. The van der Waals surface area contributed by atoms with Crippen LogP contribution in [0.25, 0.3) is 16.5 Å². The molecule has 0 saturated carbocycles. The van der Waals surface area contributed by atoms with Gasteiger partial charge in [0.15, 0.2) is 5.83 Å². The van der Waals surface area contributed by atoms with Crippen molar-refractivity contribution in [1.29, 1.82) is 0 Å². The lowest BCUT2D eigenvalue weighted by Crippen LogP contribution is -2.26. The number of nitrogens with one attached hydrogen (secondary N) is 1. The van der Waals surface area contributed by atoms with Gasteiger partial charge in [0.1, 0.15) is 0 Å². The van der Waals surface area contributed by atoms with Gasteiger partial charge in [0.05, 0.1) is 11.4 Å². The van der Waals surface area contributed by atoms with Crippen LogP contribution in [0.3, 0.4) is 0 Å². The van der Waals surface area contributed by atoms with Crippen LogP contribution in [0.4, 0.5) is 4.39 Å². The third-order valence-corrected chi connectivity index (χ3v) is 9.14. The SMILES string of the molecule is C=C(C)C1=CC2C(=C\C)/C(=C(NCCCCCCCCCC)\C(F)=C(\N)c3cc4ccccc4cc32)C1=C.CC.CCCCCCC. The van der Waals surface area contributed by atoms with E-state index in [0.717, 1.165) is 62.6 Å². The molecule has 0 aromatic heterocycles. The van der Waals surface area contributed by atoms with Crippen molar-refractivity contribution in [3.05, 3.63) is 112 Å². The maximum Gasteiger partial charge on any atom is 0.170 e. The van der Waals surface area contributed by atoms with Crippen LogP contribution < -0.4 is 11.1 Å². The summed E-state index contributed by atoms with van der Waals surface area (Å²) in [5.74, 6) is -0.476. The van der Waals surface area contributed by atoms with Crippen LogP contribution in [0.1, 0.15) is 149 Å². The molecule has 3 N–H and O–H groups in total. The van der Waals surface area contributed by atoms with Gasteiger partial charge >= 0.3 is 0 Å². The zero-order chi connectivity index (χ0) is 34.8. The first-order valence-electron chi connectivity index (χ1n) is 18.7. The molecule has 1 atom stereocenters. The topological polar surface area (TPSA) is 38.0 Å². The summed E-state index contributed by atoms with van der Waals surface area (Å²) < 4.78 is 16.4. The number of benzene rings is 2. The van der Waals surface area contributed by atoms with E-state index in [1.54, 1.807) is 0 Å². The second-order valence-electron chi connectivity index (χ2n) is 12.8. The molecular formula is C44H65FN2. The number of unbranched alkanes of at least 4 members (excludes halogenated alkanes) is 11. The summed E-state index contributed by atoms with van der Waals surface area (Å²) in [7, 11) is 0. The van der Waals surface area contributed by atoms with Crippen LogP contribution in [-0.4, -0.2) is 6.54 Å². The minimum absolute atomic E-state index is 0.0709. The summed E-state index contributed by atoms with van der Waals surface area (Å²) in [6.45, 7) is 24.1. The summed E-state index contributed by atoms with van der Waals surface area (Å²) in [6.07, 6.45) is 21.2. The molecule has 1 unspecified atom stereocenters. The van der Waals surface area contributed by atoms with E-state index in [4.69, 9.17) is 5.73 Å². The first-order valence-corrected chi connectivity index (χ1v) is 18.7. The molecule has 2 aromatic carbocycles. The predicted octanol–water partition coefficient (Wildman–Crippen LogP) is 13.5. The van der Waals surface area contributed by atoms with E-state index in [0.29, 0.717) is 12.2 Å². The number of hydrogen-bond acceptors (Lipinski definition) is 2. The van der Waals surface area contributed by atoms with Crippen LogP contribution in [0, 0.1) is 0 Å². The fourth-order valence-corrected chi connectivity index (χ4v) is 6.52.